The third kappa shape index (κ3) is 18.1. The molecular weight excluding hydrogens is 847 g/mol. The highest BCUT2D eigenvalue weighted by molar-refractivity contribution is 8.82. The first-order valence-electron chi connectivity index (χ1n) is 22.0. The molecule has 0 spiro atoms. The van der Waals surface area contributed by atoms with E-state index in [1.807, 2.05) is 45.9 Å². The molecule has 0 bridgehead atoms. The largest absolute Gasteiger partial charge is 0.448 e. The number of rotatable bonds is 23. The molecule has 1 aliphatic heterocycles. The molecule has 1 aromatic rings. The fourth-order valence-corrected chi connectivity index (χ4v) is 9.16. The fourth-order valence-electron chi connectivity index (χ4n) is 7.65. The number of nitrogens with one attached hydrogen (secondary N) is 3. The van der Waals surface area contributed by atoms with Gasteiger partial charge in [-0.25, -0.2) is 4.79 Å². The van der Waals surface area contributed by atoms with Gasteiger partial charge in [-0.15, -0.1) is 0 Å². The number of benzene rings is 1. The van der Waals surface area contributed by atoms with Crippen molar-refractivity contribution in [3.05, 3.63) is 35.9 Å². The van der Waals surface area contributed by atoms with Crippen LogP contribution in [0.5, 0.6) is 0 Å². The molecule has 0 aliphatic carbocycles. The topological polar surface area (TPSA) is 217 Å². The van der Waals surface area contributed by atoms with E-state index in [1.165, 1.54) is 48.3 Å². The highest BCUT2D eigenvalue weighted by atomic mass is 33.1. The maximum atomic E-state index is 14.1. The lowest BCUT2D eigenvalue weighted by molar-refractivity contribution is -0.146. The Kier molecular flexibility index (Phi) is 25.9. The van der Waals surface area contributed by atoms with Crippen LogP contribution in [0.15, 0.2) is 30.3 Å². The summed E-state index contributed by atoms with van der Waals surface area (Å²) in [7, 11) is 8.50. The Morgan fingerprint density at radius 2 is 1.59 bits per heavy atom. The number of likely N-dealkylation sites (N-methyl/N-ethyl adjacent to an activating group) is 2. The van der Waals surface area contributed by atoms with E-state index in [0.29, 0.717) is 24.9 Å². The number of amides is 5. The van der Waals surface area contributed by atoms with E-state index in [9.17, 15) is 29.1 Å². The van der Waals surface area contributed by atoms with E-state index in [-0.39, 0.29) is 54.4 Å². The lowest BCUT2D eigenvalue weighted by Gasteiger charge is -2.39. The van der Waals surface area contributed by atoms with Gasteiger partial charge in [0.15, 0.2) is 5.17 Å². The van der Waals surface area contributed by atoms with Gasteiger partial charge in [0.1, 0.15) is 12.6 Å². The van der Waals surface area contributed by atoms with Crippen LogP contribution in [0.2, 0.25) is 0 Å². The van der Waals surface area contributed by atoms with E-state index in [2.05, 4.69) is 24.5 Å². The second-order valence-electron chi connectivity index (χ2n) is 17.4. The summed E-state index contributed by atoms with van der Waals surface area (Å²) in [6.45, 7) is 19.1. The maximum absolute atomic E-state index is 14.1. The Morgan fingerprint density at radius 1 is 0.984 bits per heavy atom. The molecule has 1 aliphatic rings. The normalized spacial score (nSPS) is 17.7. The second kappa shape index (κ2) is 28.4. The number of aliphatic hydroxyl groups is 1. The molecule has 1 heterocycles. The Balaban J connectivity index is 0.00000642. The van der Waals surface area contributed by atoms with Gasteiger partial charge in [0.2, 0.25) is 23.6 Å². The predicted molar refractivity (Wildman–Crippen MR) is 253 cm³/mol. The Labute approximate surface area is 385 Å². The number of nitrogens with zero attached hydrogens (tertiary/aromatic N) is 3. The number of nitrogens with two attached hydrogens (primary N) is 1. The quantitative estimate of drug-likeness (QED) is 0.0499. The smallest absolute Gasteiger partial charge is 0.410 e. The summed E-state index contributed by atoms with van der Waals surface area (Å²) in [5.74, 6) is -2.46. The van der Waals surface area contributed by atoms with Crippen molar-refractivity contribution in [1.82, 2.24) is 25.3 Å². The minimum Gasteiger partial charge on any atom is -0.448 e. The Hall–Kier alpha value is -3.58. The zero-order valence-electron chi connectivity index (χ0n) is 40.3. The van der Waals surface area contributed by atoms with Gasteiger partial charge in [-0.2, -0.15) is 0 Å². The first-order valence-corrected chi connectivity index (χ1v) is 24.2. The van der Waals surface area contributed by atoms with E-state index in [1.54, 1.807) is 51.8 Å². The summed E-state index contributed by atoms with van der Waals surface area (Å²) < 4.78 is 16.8. The van der Waals surface area contributed by atoms with E-state index in [0.717, 1.165) is 17.2 Å². The number of hydrogen-bond acceptors (Lipinski definition) is 12. The van der Waals surface area contributed by atoms with Crippen LogP contribution < -0.4 is 16.4 Å². The number of amidine groups is 1. The van der Waals surface area contributed by atoms with Crippen molar-refractivity contribution in [2.24, 2.45) is 23.5 Å². The van der Waals surface area contributed by atoms with Crippen molar-refractivity contribution in [1.29, 1.82) is 5.41 Å². The maximum Gasteiger partial charge on any atom is 0.410 e. The van der Waals surface area contributed by atoms with Gasteiger partial charge >= 0.3 is 6.09 Å². The SMILES string of the molecule is CCC.CCC(C)C(C(CC(=O)N1CCCC1C(OC)C(C)C(=O)NC(C)C(O)c1ccccc1)OC)N(C)C(=O)CNC(=O)C(C(C)C)N(C)C(=O)OCC(C)(C)SSC(=N)N. The molecule has 6 N–H and O–H groups in total. The first-order chi connectivity index (χ1) is 29.5. The van der Waals surface area contributed by atoms with Crippen LogP contribution in [0.3, 0.4) is 0 Å². The lowest BCUT2D eigenvalue weighted by Crippen LogP contribution is -2.56. The average Bonchev–Trinajstić information content (AvgIpc) is 3.73. The van der Waals surface area contributed by atoms with Crippen molar-refractivity contribution in [2.75, 3.05) is 48.0 Å². The summed E-state index contributed by atoms with van der Waals surface area (Å²) in [5.41, 5.74) is 6.13. The van der Waals surface area contributed by atoms with Crippen molar-refractivity contribution >= 4 is 56.5 Å². The number of aliphatic hydroxyl groups excluding tert-OH is 1. The van der Waals surface area contributed by atoms with Gasteiger partial charge in [0.05, 0.1) is 60.1 Å². The third-order valence-electron chi connectivity index (χ3n) is 11.2. The summed E-state index contributed by atoms with van der Waals surface area (Å²) in [6, 6.07) is 6.69. The Morgan fingerprint density at radius 3 is 2.11 bits per heavy atom. The predicted octanol–water partition coefficient (Wildman–Crippen LogP) is 5.82. The highest BCUT2D eigenvalue weighted by Crippen LogP contribution is 2.35. The lowest BCUT2D eigenvalue weighted by atomic mass is 9.90. The molecule has 0 radical (unpaired) electrons. The number of carbonyl (C=O) groups excluding carboxylic acids is 5. The van der Waals surface area contributed by atoms with Crippen LogP contribution in [0, 0.1) is 23.2 Å². The molecular formula is C45H79N7O9S2. The van der Waals surface area contributed by atoms with E-state index in [4.69, 9.17) is 25.4 Å². The summed E-state index contributed by atoms with van der Waals surface area (Å²) in [6.07, 6.45) is 0.332. The van der Waals surface area contributed by atoms with Crippen molar-refractivity contribution < 1.29 is 43.3 Å². The van der Waals surface area contributed by atoms with Gasteiger partial charge in [0, 0.05) is 34.9 Å². The van der Waals surface area contributed by atoms with Crippen LogP contribution in [0.1, 0.15) is 113 Å². The molecule has 1 fully saturated rings. The standard InChI is InChI=1S/C42H71N7O9S2.C3H8/c1-13-26(4)35(47(9)33(51)23-45-39(54)34(25(2)3)48(10)41(55)58-24-42(7,8)60-59-40(43)44)31(56-11)22-32(50)49-21-17-20-30(49)37(57-12)27(5)38(53)46-28(6)36(52)29-18-15-14-16-19-29;1-3-2/h14-16,18-19,25-28,30-31,34-37,52H,13,17,20-24H2,1-12H3,(H3,43,44)(H,45,54)(H,46,53);3H2,1-2H3. The minimum atomic E-state index is -0.935. The van der Waals surface area contributed by atoms with E-state index >= 15 is 0 Å². The molecule has 0 saturated carbocycles. The highest BCUT2D eigenvalue weighted by Gasteiger charge is 2.42. The molecule has 1 aromatic carbocycles. The van der Waals surface area contributed by atoms with Crippen LogP contribution in [-0.4, -0.2) is 144 Å². The molecule has 5 amide bonds. The molecule has 360 valence electrons. The number of hydrogen-bond donors (Lipinski definition) is 5. The van der Waals surface area contributed by atoms with E-state index < -0.39 is 65.0 Å². The van der Waals surface area contributed by atoms with Crippen molar-refractivity contribution in [2.45, 2.75) is 149 Å². The molecule has 63 heavy (non-hydrogen) atoms. The molecule has 9 atom stereocenters. The van der Waals surface area contributed by atoms with Gasteiger partial charge in [-0.05, 0) is 61.8 Å². The Bertz CT molecular complexity index is 1590. The molecule has 1 saturated heterocycles. The zero-order valence-corrected chi connectivity index (χ0v) is 41.9. The molecule has 16 nitrogen and oxygen atoms in total. The van der Waals surface area contributed by atoms with Gasteiger partial charge in [-0.1, -0.05) is 102 Å². The van der Waals surface area contributed by atoms with Crippen LogP contribution in [0.25, 0.3) is 0 Å². The molecule has 0 aromatic heterocycles. The first kappa shape index (κ1) is 57.4. The van der Waals surface area contributed by atoms with Gasteiger partial charge in [0.25, 0.3) is 0 Å². The summed E-state index contributed by atoms with van der Waals surface area (Å²) in [4.78, 5) is 72.4. The fraction of sp³-hybridized carbons (Fsp3) is 0.733. The molecule has 2 rings (SSSR count). The number of likely N-dealkylation sites (tertiary alicyclic amines) is 1. The van der Waals surface area contributed by atoms with Gasteiger partial charge < -0.3 is 45.5 Å². The number of carbonyl (C=O) groups is 5. The summed E-state index contributed by atoms with van der Waals surface area (Å²) in [5, 5.41) is 23.8. The minimum absolute atomic E-state index is 0.0132. The van der Waals surface area contributed by atoms with Crippen LogP contribution >= 0.6 is 21.6 Å². The number of ether oxygens (including phenoxy) is 3. The number of methoxy groups -OCH3 is 2. The van der Waals surface area contributed by atoms with Crippen molar-refractivity contribution in [3.63, 3.8) is 0 Å². The zero-order chi connectivity index (χ0) is 48.2. The monoisotopic (exact) mass is 926 g/mol. The van der Waals surface area contributed by atoms with Crippen molar-refractivity contribution in [3.8, 4) is 0 Å². The van der Waals surface area contributed by atoms with Crippen LogP contribution in [-0.2, 0) is 33.4 Å². The molecule has 9 unspecified atom stereocenters. The third-order valence-corrected chi connectivity index (χ3v) is 14.2. The average molecular weight is 926 g/mol. The van der Waals surface area contributed by atoms with Gasteiger partial charge in [-0.3, -0.25) is 29.5 Å². The molecule has 18 heteroatoms. The second-order valence-corrected chi connectivity index (χ2v) is 20.2. The van der Waals surface area contributed by atoms with Crippen LogP contribution in [0.4, 0.5) is 4.79 Å². The summed E-state index contributed by atoms with van der Waals surface area (Å²) >= 11 is 0.